The van der Waals surface area contributed by atoms with Gasteiger partial charge in [-0.25, -0.2) is 4.98 Å². The van der Waals surface area contributed by atoms with Gasteiger partial charge in [0.25, 0.3) is 0 Å². The van der Waals surface area contributed by atoms with Gasteiger partial charge in [0, 0.05) is 36.7 Å². The fourth-order valence-corrected chi connectivity index (χ4v) is 3.41. The molecule has 1 aliphatic carbocycles. The third-order valence-corrected chi connectivity index (χ3v) is 5.02. The first kappa shape index (κ1) is 18.1. The molecule has 1 aliphatic rings. The highest BCUT2D eigenvalue weighted by Gasteiger charge is 2.33. The average Bonchev–Trinajstić information content (AvgIpc) is 3.06. The minimum atomic E-state index is -4.41. The van der Waals surface area contributed by atoms with Gasteiger partial charge in [0.2, 0.25) is 0 Å². The van der Waals surface area contributed by atoms with E-state index in [-0.39, 0.29) is 16.9 Å². The number of hydrogen-bond acceptors (Lipinski definition) is 3. The van der Waals surface area contributed by atoms with Gasteiger partial charge in [-0.2, -0.15) is 13.2 Å². The van der Waals surface area contributed by atoms with Crippen LogP contribution in [0.15, 0.2) is 48.9 Å². The van der Waals surface area contributed by atoms with Crippen LogP contribution in [0.5, 0.6) is 5.75 Å². The summed E-state index contributed by atoms with van der Waals surface area (Å²) in [5.74, 6) is 0.287. The van der Waals surface area contributed by atoms with Crippen LogP contribution in [0.2, 0.25) is 5.02 Å². The monoisotopic (exact) mass is 395 g/mol. The van der Waals surface area contributed by atoms with Crippen molar-refractivity contribution in [2.45, 2.75) is 37.7 Å². The lowest BCUT2D eigenvalue weighted by atomic mass is 9.89. The normalized spacial score (nSPS) is 19.9. The van der Waals surface area contributed by atoms with Crippen LogP contribution in [0.25, 0.3) is 5.65 Å². The number of aromatic nitrogens is 2. The summed E-state index contributed by atoms with van der Waals surface area (Å²) in [5.41, 5.74) is 1.26. The molecule has 0 atom stereocenters. The van der Waals surface area contributed by atoms with E-state index in [1.807, 2.05) is 28.9 Å². The maximum Gasteiger partial charge on any atom is 0.416 e. The Morgan fingerprint density at radius 3 is 2.78 bits per heavy atom. The van der Waals surface area contributed by atoms with Crippen LogP contribution in [-0.4, -0.2) is 21.5 Å². The number of imidazole rings is 1. The molecule has 0 radical (unpaired) electrons. The fraction of sp³-hybridized carbons (Fsp3) is 0.316. The molecule has 4 nitrogen and oxygen atoms in total. The zero-order chi connectivity index (χ0) is 19.0. The molecule has 1 fully saturated rings. The Morgan fingerprint density at radius 2 is 2.04 bits per heavy atom. The molecule has 0 bridgehead atoms. The van der Waals surface area contributed by atoms with E-state index in [0.29, 0.717) is 12.6 Å². The lowest BCUT2D eigenvalue weighted by Crippen LogP contribution is -2.46. The Morgan fingerprint density at radius 1 is 1.22 bits per heavy atom. The quantitative estimate of drug-likeness (QED) is 0.680. The predicted octanol–water partition coefficient (Wildman–Crippen LogP) is 4.71. The minimum Gasteiger partial charge on any atom is -0.489 e. The summed E-state index contributed by atoms with van der Waals surface area (Å²) in [7, 11) is 0. The van der Waals surface area contributed by atoms with Crippen LogP contribution in [-0.2, 0) is 12.7 Å². The number of rotatable bonds is 5. The summed E-state index contributed by atoms with van der Waals surface area (Å²) in [6.07, 6.45) is 2.70. The number of alkyl halides is 3. The number of nitrogens with zero attached hydrogens (tertiary/aromatic N) is 2. The van der Waals surface area contributed by atoms with Crippen molar-refractivity contribution in [1.82, 2.24) is 14.7 Å². The van der Waals surface area contributed by atoms with E-state index < -0.39 is 11.7 Å². The molecule has 0 unspecified atom stereocenters. The van der Waals surface area contributed by atoms with Gasteiger partial charge in [0.1, 0.15) is 17.5 Å². The van der Waals surface area contributed by atoms with E-state index in [0.717, 1.165) is 36.2 Å². The van der Waals surface area contributed by atoms with Crippen molar-refractivity contribution in [1.29, 1.82) is 0 Å². The second-order valence-corrected chi connectivity index (χ2v) is 7.03. The van der Waals surface area contributed by atoms with E-state index in [4.69, 9.17) is 16.3 Å². The topological polar surface area (TPSA) is 38.6 Å². The maximum atomic E-state index is 12.7. The van der Waals surface area contributed by atoms with Crippen molar-refractivity contribution in [2.75, 3.05) is 0 Å². The number of nitrogens with one attached hydrogen (secondary N) is 1. The van der Waals surface area contributed by atoms with Gasteiger partial charge in [-0.1, -0.05) is 17.7 Å². The molecule has 0 amide bonds. The summed E-state index contributed by atoms with van der Waals surface area (Å²) in [4.78, 5) is 4.35. The number of pyridine rings is 1. The molecule has 1 N–H and O–H groups in total. The third-order valence-electron chi connectivity index (χ3n) is 4.73. The van der Waals surface area contributed by atoms with Gasteiger partial charge < -0.3 is 14.5 Å². The second-order valence-electron chi connectivity index (χ2n) is 6.62. The fourth-order valence-electron chi connectivity index (χ4n) is 3.18. The molecule has 2 aromatic heterocycles. The van der Waals surface area contributed by atoms with Gasteiger partial charge in [-0.3, -0.25) is 0 Å². The molecular formula is C19H17ClF3N3O. The van der Waals surface area contributed by atoms with Crippen molar-refractivity contribution in [2.24, 2.45) is 0 Å². The van der Waals surface area contributed by atoms with E-state index in [1.54, 1.807) is 6.20 Å². The molecule has 0 spiro atoms. The average molecular weight is 396 g/mol. The highest BCUT2D eigenvalue weighted by atomic mass is 35.5. The Hall–Kier alpha value is -2.25. The molecule has 0 aliphatic heterocycles. The summed E-state index contributed by atoms with van der Waals surface area (Å²) < 4.78 is 45.7. The molecule has 1 saturated carbocycles. The molecule has 142 valence electrons. The molecule has 2 heterocycles. The largest absolute Gasteiger partial charge is 0.489 e. The number of halogens is 4. The lowest BCUT2D eigenvalue weighted by Gasteiger charge is -2.36. The maximum absolute atomic E-state index is 12.7. The third kappa shape index (κ3) is 3.89. The van der Waals surface area contributed by atoms with Gasteiger partial charge >= 0.3 is 6.18 Å². The van der Waals surface area contributed by atoms with E-state index in [1.165, 1.54) is 6.07 Å². The van der Waals surface area contributed by atoms with Crippen LogP contribution >= 0.6 is 11.6 Å². The standard InChI is InChI=1S/C19H17ClF3N3O/c20-16-8-13(19(21,22)23)3-4-17(16)27-15-9-14(10-15)25-11-12-2-1-6-26-7-5-24-18(12)26/h1-8,14-15,25H,9-11H2/t14-,15-. The van der Waals surface area contributed by atoms with Gasteiger partial charge in [-0.05, 0) is 37.1 Å². The van der Waals surface area contributed by atoms with Crippen LogP contribution in [0, 0.1) is 0 Å². The summed E-state index contributed by atoms with van der Waals surface area (Å²) in [5, 5.41) is 3.44. The van der Waals surface area contributed by atoms with Crippen molar-refractivity contribution in [3.8, 4) is 5.75 Å². The Balaban J connectivity index is 1.29. The van der Waals surface area contributed by atoms with E-state index >= 15 is 0 Å². The molecule has 0 saturated heterocycles. The first-order chi connectivity index (χ1) is 12.9. The van der Waals surface area contributed by atoms with Crippen molar-refractivity contribution >= 4 is 17.2 Å². The first-order valence-electron chi connectivity index (χ1n) is 8.57. The molecule has 27 heavy (non-hydrogen) atoms. The zero-order valence-corrected chi connectivity index (χ0v) is 15.0. The Kier molecular flexibility index (Phi) is 4.74. The smallest absolute Gasteiger partial charge is 0.416 e. The summed E-state index contributed by atoms with van der Waals surface area (Å²) >= 11 is 5.93. The highest BCUT2D eigenvalue weighted by molar-refractivity contribution is 6.32. The zero-order valence-electron chi connectivity index (χ0n) is 14.2. The van der Waals surface area contributed by atoms with Crippen LogP contribution < -0.4 is 10.1 Å². The van der Waals surface area contributed by atoms with Crippen molar-refractivity contribution in [3.63, 3.8) is 0 Å². The molecule has 3 aromatic rings. The Bertz CT molecular complexity index is 951. The molecule has 1 aromatic carbocycles. The molecule has 4 rings (SSSR count). The van der Waals surface area contributed by atoms with Crippen LogP contribution in [0.4, 0.5) is 13.2 Å². The van der Waals surface area contributed by atoms with Crippen molar-refractivity contribution in [3.05, 3.63) is 65.1 Å². The van der Waals surface area contributed by atoms with E-state index in [2.05, 4.69) is 10.3 Å². The Labute approximate surface area is 158 Å². The SMILES string of the molecule is FC(F)(F)c1ccc(O[C@H]2C[C@H](NCc3cccn4ccnc34)C2)c(Cl)c1. The van der Waals surface area contributed by atoms with Crippen molar-refractivity contribution < 1.29 is 17.9 Å². The second kappa shape index (κ2) is 7.05. The molecular weight excluding hydrogens is 379 g/mol. The summed E-state index contributed by atoms with van der Waals surface area (Å²) in [6, 6.07) is 7.47. The number of ether oxygens (including phenoxy) is 1. The van der Waals surface area contributed by atoms with Gasteiger partial charge in [-0.15, -0.1) is 0 Å². The number of fused-ring (bicyclic) bond motifs is 1. The van der Waals surface area contributed by atoms with Crippen LogP contribution in [0.1, 0.15) is 24.0 Å². The lowest BCUT2D eigenvalue weighted by molar-refractivity contribution is -0.137. The highest BCUT2D eigenvalue weighted by Crippen LogP contribution is 2.36. The molecule has 8 heteroatoms. The van der Waals surface area contributed by atoms with E-state index in [9.17, 15) is 13.2 Å². The van der Waals surface area contributed by atoms with Crippen LogP contribution in [0.3, 0.4) is 0 Å². The van der Waals surface area contributed by atoms with Gasteiger partial charge in [0.15, 0.2) is 0 Å². The summed E-state index contributed by atoms with van der Waals surface area (Å²) in [6.45, 7) is 0.694. The van der Waals surface area contributed by atoms with Gasteiger partial charge in [0.05, 0.1) is 10.6 Å². The minimum absolute atomic E-state index is 0.0211. The number of hydrogen-bond donors (Lipinski definition) is 1. The predicted molar refractivity (Wildman–Crippen MR) is 95.9 cm³/mol. The first-order valence-corrected chi connectivity index (χ1v) is 8.95. The number of benzene rings is 1.